The fourth-order valence-electron chi connectivity index (χ4n) is 2.13. The van der Waals surface area contributed by atoms with Crippen molar-refractivity contribution in [3.05, 3.63) is 29.3 Å². The van der Waals surface area contributed by atoms with Crippen LogP contribution in [0.25, 0.3) is 0 Å². The van der Waals surface area contributed by atoms with Crippen LogP contribution in [-0.4, -0.2) is 19.1 Å². The minimum absolute atomic E-state index is 0.0167. The van der Waals surface area contributed by atoms with Gasteiger partial charge in [-0.1, -0.05) is 12.1 Å². The van der Waals surface area contributed by atoms with Crippen LogP contribution in [0.5, 0.6) is 0 Å². The highest BCUT2D eigenvalue weighted by molar-refractivity contribution is 5.99. The molecule has 0 bridgehead atoms. The maximum Gasteiger partial charge on any atom is 0.228 e. The number of hydrogen-bond donors (Lipinski definition) is 1. The van der Waals surface area contributed by atoms with Gasteiger partial charge in [0.1, 0.15) is 5.41 Å². The zero-order chi connectivity index (χ0) is 11.2. The van der Waals surface area contributed by atoms with Gasteiger partial charge in [-0.25, -0.2) is 0 Å². The number of benzene rings is 1. The van der Waals surface area contributed by atoms with Crippen molar-refractivity contribution in [1.29, 1.82) is 5.26 Å². The van der Waals surface area contributed by atoms with Crippen LogP contribution >= 0.6 is 0 Å². The zero-order valence-electron chi connectivity index (χ0n) is 8.62. The Hall–Kier alpha value is -1.86. The fraction of sp³-hybridized carbons (Fsp3) is 0.333. The summed E-state index contributed by atoms with van der Waals surface area (Å²) in [5, 5.41) is 12.0. The van der Waals surface area contributed by atoms with Gasteiger partial charge in [-0.2, -0.15) is 5.26 Å². The quantitative estimate of drug-likeness (QED) is 0.757. The van der Waals surface area contributed by atoms with E-state index in [0.29, 0.717) is 19.6 Å². The molecule has 0 atom stereocenters. The van der Waals surface area contributed by atoms with Gasteiger partial charge in [0.2, 0.25) is 5.91 Å². The Kier molecular flexibility index (Phi) is 1.79. The van der Waals surface area contributed by atoms with Crippen LogP contribution in [0.15, 0.2) is 18.2 Å². The van der Waals surface area contributed by atoms with Crippen molar-refractivity contribution < 1.29 is 9.53 Å². The van der Waals surface area contributed by atoms with Crippen LogP contribution in [0.4, 0.5) is 5.69 Å². The number of rotatable bonds is 1. The molecule has 16 heavy (non-hydrogen) atoms. The molecule has 0 radical (unpaired) electrons. The van der Waals surface area contributed by atoms with Gasteiger partial charge in [0, 0.05) is 5.69 Å². The Balaban J connectivity index is 2.03. The van der Waals surface area contributed by atoms with Crippen molar-refractivity contribution in [2.24, 2.45) is 0 Å². The molecular weight excluding hydrogens is 204 g/mol. The van der Waals surface area contributed by atoms with Gasteiger partial charge in [-0.15, -0.1) is 0 Å². The van der Waals surface area contributed by atoms with E-state index in [9.17, 15) is 10.1 Å². The second kappa shape index (κ2) is 3.06. The number of hydrogen-bond acceptors (Lipinski definition) is 3. The molecule has 1 N–H and O–H groups in total. The predicted molar refractivity (Wildman–Crippen MR) is 56.9 cm³/mol. The molecule has 0 spiro atoms. The smallest absolute Gasteiger partial charge is 0.228 e. The summed E-state index contributed by atoms with van der Waals surface area (Å²) in [5.41, 5.74) is 2.29. The van der Waals surface area contributed by atoms with Gasteiger partial charge in [-0.05, 0) is 17.2 Å². The summed E-state index contributed by atoms with van der Waals surface area (Å²) in [6.45, 7) is 0.896. The van der Waals surface area contributed by atoms with E-state index in [0.717, 1.165) is 16.8 Å². The van der Waals surface area contributed by atoms with Crippen molar-refractivity contribution in [2.75, 3.05) is 18.5 Å². The minimum atomic E-state index is -0.499. The van der Waals surface area contributed by atoms with Gasteiger partial charge in [-0.3, -0.25) is 4.79 Å². The molecule has 4 nitrogen and oxygen atoms in total. The molecule has 0 unspecified atom stereocenters. The first-order chi connectivity index (χ1) is 7.73. The molecule has 4 heteroatoms. The summed E-state index contributed by atoms with van der Waals surface area (Å²) in [4.78, 5) is 11.2. The van der Waals surface area contributed by atoms with Crippen molar-refractivity contribution in [3.8, 4) is 6.07 Å². The summed E-state index contributed by atoms with van der Waals surface area (Å²) in [6.07, 6.45) is 0.408. The third kappa shape index (κ3) is 1.15. The molecule has 2 aliphatic rings. The average molecular weight is 214 g/mol. The van der Waals surface area contributed by atoms with E-state index in [2.05, 4.69) is 11.4 Å². The predicted octanol–water partition coefficient (Wildman–Crippen LogP) is 0.973. The Morgan fingerprint density at radius 1 is 1.44 bits per heavy atom. The number of carbonyl (C=O) groups excluding carboxylic acids is 1. The van der Waals surface area contributed by atoms with Crippen molar-refractivity contribution >= 4 is 11.6 Å². The van der Waals surface area contributed by atoms with Gasteiger partial charge in [0.15, 0.2) is 0 Å². The van der Waals surface area contributed by atoms with Gasteiger partial charge >= 0.3 is 0 Å². The maximum absolute atomic E-state index is 11.2. The van der Waals surface area contributed by atoms with Crippen LogP contribution < -0.4 is 5.32 Å². The molecule has 3 rings (SSSR count). The van der Waals surface area contributed by atoms with Crippen LogP contribution in [0.1, 0.15) is 11.1 Å². The Labute approximate surface area is 92.8 Å². The highest BCUT2D eigenvalue weighted by atomic mass is 16.5. The van der Waals surface area contributed by atoms with Crippen molar-refractivity contribution in [3.63, 3.8) is 0 Å². The summed E-state index contributed by atoms with van der Waals surface area (Å²) in [5.74, 6) is 0.0167. The molecule has 80 valence electrons. The largest absolute Gasteiger partial charge is 0.377 e. The molecule has 1 amide bonds. The summed E-state index contributed by atoms with van der Waals surface area (Å²) >= 11 is 0. The lowest BCUT2D eigenvalue weighted by atomic mass is 9.79. The molecule has 1 aromatic carbocycles. The van der Waals surface area contributed by atoms with Gasteiger partial charge < -0.3 is 10.1 Å². The van der Waals surface area contributed by atoms with Crippen LogP contribution in [0.3, 0.4) is 0 Å². The molecule has 2 heterocycles. The second-order valence-electron chi connectivity index (χ2n) is 4.28. The molecule has 0 saturated carbocycles. The molecule has 1 fully saturated rings. The Morgan fingerprint density at radius 2 is 2.25 bits per heavy atom. The first kappa shape index (κ1) is 9.37. The molecule has 1 aromatic rings. The third-order valence-electron chi connectivity index (χ3n) is 3.19. The molecular formula is C12H10N2O2. The van der Waals surface area contributed by atoms with E-state index in [1.165, 1.54) is 0 Å². The average Bonchev–Trinajstić information content (AvgIpc) is 2.56. The number of anilines is 1. The lowest BCUT2D eigenvalue weighted by Crippen LogP contribution is -2.45. The van der Waals surface area contributed by atoms with E-state index < -0.39 is 5.41 Å². The van der Waals surface area contributed by atoms with E-state index >= 15 is 0 Å². The number of nitrogens with one attached hydrogen (secondary N) is 1. The van der Waals surface area contributed by atoms with Crippen LogP contribution in [-0.2, 0) is 21.4 Å². The highest BCUT2D eigenvalue weighted by Crippen LogP contribution is 2.35. The first-order valence-electron chi connectivity index (χ1n) is 5.16. The number of nitriles is 1. The minimum Gasteiger partial charge on any atom is -0.377 e. The van der Waals surface area contributed by atoms with Crippen LogP contribution in [0.2, 0.25) is 0 Å². The molecule has 0 aromatic heterocycles. The maximum atomic E-state index is 11.2. The molecule has 2 aliphatic heterocycles. The van der Waals surface area contributed by atoms with E-state index in [1.54, 1.807) is 0 Å². The standard InChI is InChI=1S/C12H10N2O2/c13-5-12(6-16-7-12)9-1-2-10-8(3-9)4-11(15)14-10/h1-3H,4,6-7H2,(H,14,15). The monoisotopic (exact) mass is 214 g/mol. The lowest BCUT2D eigenvalue weighted by molar-refractivity contribution is -0.115. The van der Waals surface area contributed by atoms with E-state index in [1.807, 2.05) is 18.2 Å². The van der Waals surface area contributed by atoms with Crippen LogP contribution in [0, 0.1) is 11.3 Å². The normalized spacial score (nSPS) is 20.6. The summed E-state index contributed by atoms with van der Waals surface area (Å²) in [6, 6.07) is 8.01. The number of nitrogens with zero attached hydrogens (tertiary/aromatic N) is 1. The lowest BCUT2D eigenvalue weighted by Gasteiger charge is -2.35. The topological polar surface area (TPSA) is 62.1 Å². The number of fused-ring (bicyclic) bond motifs is 1. The highest BCUT2D eigenvalue weighted by Gasteiger charge is 2.41. The van der Waals surface area contributed by atoms with Gasteiger partial charge in [0.25, 0.3) is 0 Å². The van der Waals surface area contributed by atoms with Crippen molar-refractivity contribution in [2.45, 2.75) is 11.8 Å². The number of ether oxygens (including phenoxy) is 1. The van der Waals surface area contributed by atoms with Crippen molar-refractivity contribution in [1.82, 2.24) is 0 Å². The summed E-state index contributed by atoms with van der Waals surface area (Å²) < 4.78 is 5.12. The van der Waals surface area contributed by atoms with E-state index in [4.69, 9.17) is 4.74 Å². The fourth-order valence-corrected chi connectivity index (χ4v) is 2.13. The second-order valence-corrected chi connectivity index (χ2v) is 4.28. The molecule has 1 saturated heterocycles. The Bertz CT molecular complexity index is 512. The number of carbonyl (C=O) groups is 1. The van der Waals surface area contributed by atoms with E-state index in [-0.39, 0.29) is 5.91 Å². The molecule has 0 aliphatic carbocycles. The zero-order valence-corrected chi connectivity index (χ0v) is 8.62. The summed E-state index contributed by atoms with van der Waals surface area (Å²) in [7, 11) is 0. The third-order valence-corrected chi connectivity index (χ3v) is 3.19. The SMILES string of the molecule is N#CC1(c2ccc3c(c2)CC(=O)N3)COC1. The number of amides is 1. The Morgan fingerprint density at radius 3 is 2.88 bits per heavy atom. The first-order valence-corrected chi connectivity index (χ1v) is 5.16. The van der Waals surface area contributed by atoms with Gasteiger partial charge in [0.05, 0.1) is 25.7 Å².